The van der Waals surface area contributed by atoms with Gasteiger partial charge in [0.25, 0.3) is 0 Å². The molecule has 6 nitrogen and oxygen atoms in total. The van der Waals surface area contributed by atoms with Crippen LogP contribution in [-0.4, -0.2) is 40.8 Å². The zero-order chi connectivity index (χ0) is 16.9. The van der Waals surface area contributed by atoms with Gasteiger partial charge in [-0.05, 0) is 24.7 Å². The maximum atomic E-state index is 11.2. The smallest absolute Gasteiger partial charge is 0.309 e. The van der Waals surface area contributed by atoms with Crippen LogP contribution in [0.5, 0.6) is 0 Å². The molecule has 1 fully saturated rings. The van der Waals surface area contributed by atoms with E-state index < -0.39 is 18.0 Å². The molecule has 1 aliphatic carbocycles. The molecule has 1 aliphatic rings. The highest BCUT2D eigenvalue weighted by Crippen LogP contribution is 2.37. The predicted octanol–water partition coefficient (Wildman–Crippen LogP) is 0.974. The second-order valence-corrected chi connectivity index (χ2v) is 6.70. The molecule has 0 spiro atoms. The lowest BCUT2D eigenvalue weighted by molar-refractivity contribution is -0.145. The van der Waals surface area contributed by atoms with Crippen molar-refractivity contribution in [2.45, 2.75) is 58.6 Å². The fourth-order valence-electron chi connectivity index (χ4n) is 3.55. The van der Waals surface area contributed by atoms with E-state index in [2.05, 4.69) is 19.2 Å². The fraction of sp³-hybridized carbons (Fsp3) is 0.875. The number of amides is 1. The topological polar surface area (TPSA) is 113 Å². The Labute approximate surface area is 132 Å². The Kier molecular flexibility index (Phi) is 7.29. The van der Waals surface area contributed by atoms with E-state index in [0.717, 1.165) is 12.8 Å². The number of aliphatic carboxylic acids is 1. The minimum Gasteiger partial charge on any atom is -0.481 e. The van der Waals surface area contributed by atoms with Crippen molar-refractivity contribution in [1.29, 1.82) is 0 Å². The third-order valence-corrected chi connectivity index (χ3v) is 4.96. The van der Waals surface area contributed by atoms with Gasteiger partial charge in [0.2, 0.25) is 5.91 Å². The molecule has 0 aromatic heterocycles. The molecule has 6 atom stereocenters. The number of hydrogen-bond donors (Lipinski definition) is 4. The first-order valence-electron chi connectivity index (χ1n) is 8.18. The van der Waals surface area contributed by atoms with E-state index in [9.17, 15) is 14.7 Å². The van der Waals surface area contributed by atoms with Crippen LogP contribution in [-0.2, 0) is 9.59 Å². The van der Waals surface area contributed by atoms with E-state index in [1.807, 2.05) is 0 Å². The van der Waals surface area contributed by atoms with Gasteiger partial charge in [-0.15, -0.1) is 0 Å². The SMILES string of the molecule is CCC[C@H](C[C@@H]1C(O)C(C(=O)O)C[C@@H]1N)C(C)CNC(C)=O. The second kappa shape index (κ2) is 8.48. The van der Waals surface area contributed by atoms with Gasteiger partial charge in [0.1, 0.15) is 0 Å². The summed E-state index contributed by atoms with van der Waals surface area (Å²) in [5.74, 6) is -1.37. The number of hydrogen-bond acceptors (Lipinski definition) is 4. The average molecular weight is 314 g/mol. The number of carboxylic acids is 1. The van der Waals surface area contributed by atoms with E-state index in [-0.39, 0.29) is 23.8 Å². The van der Waals surface area contributed by atoms with Gasteiger partial charge in [0.15, 0.2) is 0 Å². The fourth-order valence-corrected chi connectivity index (χ4v) is 3.55. The van der Waals surface area contributed by atoms with Crippen molar-refractivity contribution in [2.24, 2.45) is 29.4 Å². The van der Waals surface area contributed by atoms with Crippen LogP contribution in [0.4, 0.5) is 0 Å². The van der Waals surface area contributed by atoms with Crippen LogP contribution in [0.1, 0.15) is 46.5 Å². The summed E-state index contributed by atoms with van der Waals surface area (Å²) in [6.07, 6.45) is 2.16. The Bertz CT molecular complexity index is 388. The van der Waals surface area contributed by atoms with Gasteiger partial charge in [0, 0.05) is 25.4 Å². The molecule has 0 radical (unpaired) electrons. The van der Waals surface area contributed by atoms with E-state index >= 15 is 0 Å². The first-order chi connectivity index (χ1) is 10.3. The summed E-state index contributed by atoms with van der Waals surface area (Å²) in [4.78, 5) is 22.2. The Hall–Kier alpha value is -1.14. The summed E-state index contributed by atoms with van der Waals surface area (Å²) in [6, 6.07) is -0.275. The number of nitrogens with one attached hydrogen (secondary N) is 1. The molecule has 3 unspecified atom stereocenters. The number of rotatable bonds is 8. The number of aliphatic hydroxyl groups excluding tert-OH is 1. The molecule has 0 heterocycles. The minimum absolute atomic E-state index is 0.0503. The van der Waals surface area contributed by atoms with Gasteiger partial charge in [-0.25, -0.2) is 0 Å². The van der Waals surface area contributed by atoms with Crippen LogP contribution in [0.2, 0.25) is 0 Å². The van der Waals surface area contributed by atoms with Crippen molar-refractivity contribution in [2.75, 3.05) is 6.54 Å². The molecular formula is C16H30N2O4. The monoisotopic (exact) mass is 314 g/mol. The van der Waals surface area contributed by atoms with Crippen LogP contribution in [0.3, 0.4) is 0 Å². The zero-order valence-corrected chi connectivity index (χ0v) is 13.8. The summed E-state index contributed by atoms with van der Waals surface area (Å²) in [7, 11) is 0. The lowest BCUT2D eigenvalue weighted by Gasteiger charge is -2.29. The molecule has 6 heteroatoms. The van der Waals surface area contributed by atoms with Crippen LogP contribution in [0, 0.1) is 23.7 Å². The van der Waals surface area contributed by atoms with Crippen molar-refractivity contribution >= 4 is 11.9 Å². The van der Waals surface area contributed by atoms with Gasteiger partial charge < -0.3 is 21.3 Å². The first-order valence-corrected chi connectivity index (χ1v) is 8.18. The third-order valence-electron chi connectivity index (χ3n) is 4.96. The molecule has 1 rings (SSSR count). The molecule has 0 saturated heterocycles. The lowest BCUT2D eigenvalue weighted by atomic mass is 9.80. The standard InChI is InChI=1S/C16H30N2O4/c1-4-5-11(9(2)8-18-10(3)19)6-12-14(17)7-13(15(12)20)16(21)22/h9,11-15,20H,4-8,17H2,1-3H3,(H,18,19)(H,21,22)/t9?,11-,12+,13?,14+,15?/m1/s1. The second-order valence-electron chi connectivity index (χ2n) is 6.70. The maximum absolute atomic E-state index is 11.2. The third kappa shape index (κ3) is 4.95. The minimum atomic E-state index is -0.969. The van der Waals surface area contributed by atoms with E-state index in [1.165, 1.54) is 6.92 Å². The van der Waals surface area contributed by atoms with E-state index in [1.54, 1.807) is 0 Å². The number of carboxylic acid groups (broad SMARTS) is 1. The Balaban J connectivity index is 2.69. The molecule has 0 aliphatic heterocycles. The molecule has 0 aromatic carbocycles. The van der Waals surface area contributed by atoms with Crippen LogP contribution < -0.4 is 11.1 Å². The van der Waals surface area contributed by atoms with E-state index in [0.29, 0.717) is 25.3 Å². The number of carbonyl (C=O) groups is 2. The first kappa shape index (κ1) is 18.9. The summed E-state index contributed by atoms with van der Waals surface area (Å²) in [6.45, 7) is 6.27. The molecule has 0 aromatic rings. The molecule has 5 N–H and O–H groups in total. The largest absolute Gasteiger partial charge is 0.481 e. The normalized spacial score (nSPS) is 30.8. The Morgan fingerprint density at radius 2 is 2.05 bits per heavy atom. The van der Waals surface area contributed by atoms with Gasteiger partial charge in [0.05, 0.1) is 12.0 Å². The van der Waals surface area contributed by atoms with Crippen molar-refractivity contribution in [3.8, 4) is 0 Å². The van der Waals surface area contributed by atoms with Crippen molar-refractivity contribution in [1.82, 2.24) is 5.32 Å². The molecule has 128 valence electrons. The van der Waals surface area contributed by atoms with Gasteiger partial charge in [-0.3, -0.25) is 9.59 Å². The highest BCUT2D eigenvalue weighted by molar-refractivity contribution is 5.72. The Morgan fingerprint density at radius 3 is 2.50 bits per heavy atom. The highest BCUT2D eigenvalue weighted by Gasteiger charge is 2.45. The summed E-state index contributed by atoms with van der Waals surface area (Å²) in [5, 5.41) is 22.3. The molecule has 0 bridgehead atoms. The molecule has 22 heavy (non-hydrogen) atoms. The molecule has 1 saturated carbocycles. The molecule has 1 amide bonds. The summed E-state index contributed by atoms with van der Waals surface area (Å²) < 4.78 is 0. The highest BCUT2D eigenvalue weighted by atomic mass is 16.4. The summed E-state index contributed by atoms with van der Waals surface area (Å²) in [5.41, 5.74) is 6.07. The predicted molar refractivity (Wildman–Crippen MR) is 84.1 cm³/mol. The lowest BCUT2D eigenvalue weighted by Crippen LogP contribution is -2.36. The van der Waals surface area contributed by atoms with Crippen molar-refractivity contribution in [3.63, 3.8) is 0 Å². The molecular weight excluding hydrogens is 284 g/mol. The number of aliphatic hydroxyl groups is 1. The van der Waals surface area contributed by atoms with Crippen molar-refractivity contribution in [3.05, 3.63) is 0 Å². The van der Waals surface area contributed by atoms with Gasteiger partial charge >= 0.3 is 5.97 Å². The van der Waals surface area contributed by atoms with Gasteiger partial charge in [-0.2, -0.15) is 0 Å². The average Bonchev–Trinajstić information content (AvgIpc) is 2.72. The van der Waals surface area contributed by atoms with E-state index in [4.69, 9.17) is 10.8 Å². The Morgan fingerprint density at radius 1 is 1.41 bits per heavy atom. The quantitative estimate of drug-likeness (QED) is 0.533. The van der Waals surface area contributed by atoms with Crippen LogP contribution in [0.15, 0.2) is 0 Å². The van der Waals surface area contributed by atoms with Crippen LogP contribution in [0.25, 0.3) is 0 Å². The maximum Gasteiger partial charge on any atom is 0.309 e. The summed E-state index contributed by atoms with van der Waals surface area (Å²) >= 11 is 0. The van der Waals surface area contributed by atoms with Crippen molar-refractivity contribution < 1.29 is 19.8 Å². The zero-order valence-electron chi connectivity index (χ0n) is 13.8. The van der Waals surface area contributed by atoms with Crippen LogP contribution >= 0.6 is 0 Å². The number of carbonyl (C=O) groups excluding carboxylic acids is 1. The van der Waals surface area contributed by atoms with Gasteiger partial charge in [-0.1, -0.05) is 26.7 Å². The number of nitrogens with two attached hydrogens (primary N) is 1.